The molecule has 2 heterocycles. The van der Waals surface area contributed by atoms with Gasteiger partial charge in [0.1, 0.15) is 11.4 Å². The number of amides is 1. The van der Waals surface area contributed by atoms with Gasteiger partial charge >= 0.3 is 6.09 Å². The largest absolute Gasteiger partial charge is 0.444 e. The van der Waals surface area contributed by atoms with E-state index in [0.29, 0.717) is 35.1 Å². The molecule has 1 saturated heterocycles. The molecule has 0 unspecified atom stereocenters. The minimum absolute atomic E-state index is 0.0972. The number of piperidine rings is 1. The Morgan fingerprint density at radius 3 is 2.76 bits per heavy atom. The zero-order chi connectivity index (χ0) is 24.2. The summed E-state index contributed by atoms with van der Waals surface area (Å²) in [5.41, 5.74) is 1.50. The van der Waals surface area contributed by atoms with E-state index in [1.54, 1.807) is 0 Å². The average Bonchev–Trinajstić information content (AvgIpc) is 3.14. The van der Waals surface area contributed by atoms with Gasteiger partial charge in [0.15, 0.2) is 12.1 Å². The highest BCUT2D eigenvalue weighted by atomic mass is 35.5. The number of aromatic amines is 1. The molecule has 0 aliphatic carbocycles. The van der Waals surface area contributed by atoms with Crippen LogP contribution in [-0.4, -0.2) is 55.2 Å². The van der Waals surface area contributed by atoms with Gasteiger partial charge < -0.3 is 24.4 Å². The van der Waals surface area contributed by atoms with Crippen molar-refractivity contribution in [1.29, 1.82) is 0 Å². The van der Waals surface area contributed by atoms with Crippen LogP contribution in [0.4, 0.5) is 15.0 Å². The summed E-state index contributed by atoms with van der Waals surface area (Å²) in [6.07, 6.45) is 0.913. The maximum absolute atomic E-state index is 13.9. The molecule has 0 spiro atoms. The predicted octanol–water partition coefficient (Wildman–Crippen LogP) is 4.58. The van der Waals surface area contributed by atoms with E-state index in [0.717, 1.165) is 24.9 Å². The van der Waals surface area contributed by atoms with Crippen molar-refractivity contribution < 1.29 is 23.4 Å². The third kappa shape index (κ3) is 6.59. The van der Waals surface area contributed by atoms with Crippen LogP contribution in [0.3, 0.4) is 0 Å². The Balaban J connectivity index is 1.87. The second-order valence-corrected chi connectivity index (χ2v) is 9.49. The van der Waals surface area contributed by atoms with Crippen molar-refractivity contribution in [3.8, 4) is 0 Å². The number of carbonyl (C=O) groups excluding carboxylic acids is 1. The van der Waals surface area contributed by atoms with Gasteiger partial charge in [-0.05, 0) is 57.4 Å². The van der Waals surface area contributed by atoms with Gasteiger partial charge in [-0.3, -0.25) is 5.10 Å². The highest BCUT2D eigenvalue weighted by molar-refractivity contribution is 6.31. The molecule has 1 aliphatic rings. The molecule has 1 fully saturated rings. The highest BCUT2D eigenvalue weighted by Crippen LogP contribution is 2.33. The zero-order valence-corrected chi connectivity index (χ0v) is 20.5. The number of H-pyrrole nitrogens is 1. The van der Waals surface area contributed by atoms with E-state index >= 15 is 0 Å². The van der Waals surface area contributed by atoms with Crippen molar-refractivity contribution in [2.24, 2.45) is 0 Å². The summed E-state index contributed by atoms with van der Waals surface area (Å²) in [7, 11) is 3.07. The van der Waals surface area contributed by atoms with Crippen LogP contribution >= 0.6 is 11.6 Å². The standard InChI is InChI=1S/C23H32ClFN4O4/c1-23(2,3)33-22(30)26-16-7-6-10-29(13-16)20-17(19(27-28-20)21(31-4)32-5)12-14-11-15(25)8-9-18(14)24/h8-9,11,16,21H,6-7,10,12-13H2,1-5H3,(H,26,30)(H,27,28)/t16-/m1/s1. The van der Waals surface area contributed by atoms with Crippen molar-refractivity contribution in [3.63, 3.8) is 0 Å². The minimum Gasteiger partial charge on any atom is -0.444 e. The molecule has 182 valence electrons. The summed E-state index contributed by atoms with van der Waals surface area (Å²) in [5.74, 6) is 0.329. The fourth-order valence-corrected chi connectivity index (χ4v) is 4.15. The number of halogens is 2. The molecule has 0 bridgehead atoms. The maximum Gasteiger partial charge on any atom is 0.407 e. The fourth-order valence-electron chi connectivity index (χ4n) is 3.96. The quantitative estimate of drug-likeness (QED) is 0.562. The summed E-state index contributed by atoms with van der Waals surface area (Å²) in [5, 5.41) is 11.0. The summed E-state index contributed by atoms with van der Waals surface area (Å²) >= 11 is 6.35. The number of hydrogen-bond acceptors (Lipinski definition) is 6. The Morgan fingerprint density at radius 1 is 1.36 bits per heavy atom. The molecule has 2 N–H and O–H groups in total. The number of nitrogens with zero attached hydrogens (tertiary/aromatic N) is 2. The predicted molar refractivity (Wildman–Crippen MR) is 124 cm³/mol. The average molecular weight is 483 g/mol. The van der Waals surface area contributed by atoms with Crippen molar-refractivity contribution in [2.75, 3.05) is 32.2 Å². The van der Waals surface area contributed by atoms with Crippen LogP contribution in [0, 0.1) is 5.82 Å². The van der Waals surface area contributed by atoms with Crippen molar-refractivity contribution >= 4 is 23.5 Å². The van der Waals surface area contributed by atoms with Crippen LogP contribution in [0.5, 0.6) is 0 Å². The minimum atomic E-state index is -0.672. The van der Waals surface area contributed by atoms with Crippen LogP contribution < -0.4 is 10.2 Å². The number of alkyl carbamates (subject to hydrolysis) is 1. The maximum atomic E-state index is 13.9. The van der Waals surface area contributed by atoms with Crippen LogP contribution in [0.15, 0.2) is 18.2 Å². The van der Waals surface area contributed by atoms with E-state index in [9.17, 15) is 9.18 Å². The van der Waals surface area contributed by atoms with Crippen LogP contribution in [0.25, 0.3) is 0 Å². The second kappa shape index (κ2) is 10.7. The number of methoxy groups -OCH3 is 2. The second-order valence-electron chi connectivity index (χ2n) is 9.09. The van der Waals surface area contributed by atoms with Crippen LogP contribution in [-0.2, 0) is 20.6 Å². The number of hydrogen-bond donors (Lipinski definition) is 2. The molecular formula is C23H32ClFN4O4. The number of anilines is 1. The number of rotatable bonds is 7. The molecule has 2 aromatic rings. The lowest BCUT2D eigenvalue weighted by atomic mass is 10.0. The first-order valence-electron chi connectivity index (χ1n) is 10.9. The van der Waals surface area contributed by atoms with Crippen LogP contribution in [0.1, 0.15) is 56.7 Å². The number of benzene rings is 1. The Labute approximate surface area is 198 Å². The van der Waals surface area contributed by atoms with Gasteiger partial charge in [-0.1, -0.05) is 11.6 Å². The molecular weight excluding hydrogens is 451 g/mol. The Morgan fingerprint density at radius 2 is 2.09 bits per heavy atom. The van der Waals surface area contributed by atoms with Gasteiger partial charge in [0, 0.05) is 50.4 Å². The van der Waals surface area contributed by atoms with E-state index in [1.165, 1.54) is 32.4 Å². The Bertz CT molecular complexity index is 958. The lowest BCUT2D eigenvalue weighted by Gasteiger charge is -2.34. The first kappa shape index (κ1) is 25.3. The number of carbonyl (C=O) groups is 1. The summed E-state index contributed by atoms with van der Waals surface area (Å²) in [6.45, 7) is 6.80. The first-order chi connectivity index (χ1) is 15.6. The lowest BCUT2D eigenvalue weighted by Crippen LogP contribution is -2.49. The fraction of sp³-hybridized carbons (Fsp3) is 0.565. The van der Waals surface area contributed by atoms with Gasteiger partial charge in [0.2, 0.25) is 0 Å². The van der Waals surface area contributed by atoms with E-state index in [-0.39, 0.29) is 11.9 Å². The molecule has 33 heavy (non-hydrogen) atoms. The van der Waals surface area contributed by atoms with Gasteiger partial charge in [-0.25, -0.2) is 9.18 Å². The van der Waals surface area contributed by atoms with Gasteiger partial charge in [-0.15, -0.1) is 0 Å². The molecule has 8 nitrogen and oxygen atoms in total. The molecule has 1 aliphatic heterocycles. The molecule has 1 aromatic heterocycles. The van der Waals surface area contributed by atoms with Gasteiger partial charge in [0.25, 0.3) is 0 Å². The SMILES string of the molecule is COC(OC)c1[nH]nc(N2CCC[C@@H](NC(=O)OC(C)(C)C)C2)c1Cc1cc(F)ccc1Cl. The van der Waals surface area contributed by atoms with Crippen LogP contribution in [0.2, 0.25) is 5.02 Å². The molecule has 1 amide bonds. The molecule has 3 rings (SSSR count). The summed E-state index contributed by atoms with van der Waals surface area (Å²) in [4.78, 5) is 14.4. The number of aromatic nitrogens is 2. The van der Waals surface area contributed by atoms with Crippen molar-refractivity contribution in [3.05, 3.63) is 45.9 Å². The Hall–Kier alpha value is -2.36. The third-order valence-corrected chi connectivity index (χ3v) is 5.73. The smallest absolute Gasteiger partial charge is 0.407 e. The normalized spacial score (nSPS) is 16.8. The topological polar surface area (TPSA) is 88.7 Å². The van der Waals surface area contributed by atoms with Crippen molar-refractivity contribution in [1.82, 2.24) is 15.5 Å². The molecule has 0 radical (unpaired) electrons. The van der Waals surface area contributed by atoms with E-state index in [1.807, 2.05) is 20.8 Å². The van der Waals surface area contributed by atoms with E-state index in [4.69, 9.17) is 25.8 Å². The number of nitrogens with one attached hydrogen (secondary N) is 2. The van der Waals surface area contributed by atoms with Gasteiger partial charge in [0.05, 0.1) is 5.69 Å². The van der Waals surface area contributed by atoms with E-state index < -0.39 is 18.0 Å². The molecule has 1 atom stereocenters. The summed E-state index contributed by atoms with van der Waals surface area (Å²) in [6, 6.07) is 4.19. The monoisotopic (exact) mass is 482 g/mol. The summed E-state index contributed by atoms with van der Waals surface area (Å²) < 4.78 is 30.2. The third-order valence-electron chi connectivity index (χ3n) is 5.36. The lowest BCUT2D eigenvalue weighted by molar-refractivity contribution is -0.109. The highest BCUT2D eigenvalue weighted by Gasteiger charge is 2.29. The molecule has 1 aromatic carbocycles. The Kier molecular flexibility index (Phi) is 8.20. The molecule has 0 saturated carbocycles. The molecule has 10 heteroatoms. The van der Waals surface area contributed by atoms with E-state index in [2.05, 4.69) is 20.4 Å². The first-order valence-corrected chi connectivity index (χ1v) is 11.3. The van der Waals surface area contributed by atoms with Crippen molar-refractivity contribution in [2.45, 2.75) is 58.0 Å². The zero-order valence-electron chi connectivity index (χ0n) is 19.7. The number of ether oxygens (including phenoxy) is 3. The van der Waals surface area contributed by atoms with Gasteiger partial charge in [-0.2, -0.15) is 5.10 Å².